The van der Waals surface area contributed by atoms with Crippen molar-refractivity contribution >= 4 is 5.97 Å². The Morgan fingerprint density at radius 1 is 1.13 bits per heavy atom. The smallest absolute Gasteiger partial charge is 0.306 e. The molecule has 0 spiro atoms. The van der Waals surface area contributed by atoms with Gasteiger partial charge in [-0.3, -0.25) is 19.3 Å². The first-order chi connectivity index (χ1) is 18.8. The molecule has 5 rings (SSSR count). The molecule has 3 aromatic rings. The molecule has 10 nitrogen and oxygen atoms in total. The first-order valence-electron chi connectivity index (χ1n) is 13.1. The average Bonchev–Trinajstić information content (AvgIpc) is 2.91. The number of benzene rings is 1. The summed E-state index contributed by atoms with van der Waals surface area (Å²) in [4.78, 5) is 39.8. The maximum atomic E-state index is 12.9. The molecule has 0 aliphatic carbocycles. The van der Waals surface area contributed by atoms with Crippen LogP contribution in [0.4, 0.5) is 0 Å². The van der Waals surface area contributed by atoms with Crippen LogP contribution in [0.2, 0.25) is 0 Å². The fourth-order valence-corrected chi connectivity index (χ4v) is 5.84. The SMILES string of the molecule is CCOc1cc([C@@H](CC(=O)OC)c2oc(CN3C[C@@H]4C[C@H](C3)c3cccc(=O)n3C4)cc(=O)c2O)ccc1O. The first kappa shape index (κ1) is 26.6. The van der Waals surface area contributed by atoms with Crippen molar-refractivity contribution in [3.8, 4) is 17.2 Å². The van der Waals surface area contributed by atoms with Crippen LogP contribution in [0.5, 0.6) is 17.2 Å². The third-order valence-corrected chi connectivity index (χ3v) is 7.54. The number of phenolic OH excluding ortho intramolecular Hbond substituents is 1. The molecule has 0 saturated carbocycles. The number of rotatable bonds is 8. The number of carbonyl (C=O) groups is 1. The van der Waals surface area contributed by atoms with E-state index >= 15 is 0 Å². The number of esters is 1. The molecular weight excluding hydrogens is 504 g/mol. The van der Waals surface area contributed by atoms with Crippen molar-refractivity contribution in [1.82, 2.24) is 9.47 Å². The van der Waals surface area contributed by atoms with Crippen LogP contribution >= 0.6 is 0 Å². The molecule has 39 heavy (non-hydrogen) atoms. The summed E-state index contributed by atoms with van der Waals surface area (Å²) in [7, 11) is 1.26. The summed E-state index contributed by atoms with van der Waals surface area (Å²) in [5.41, 5.74) is 0.931. The molecular formula is C29H32N2O8. The van der Waals surface area contributed by atoms with Crippen molar-refractivity contribution in [2.75, 3.05) is 26.8 Å². The van der Waals surface area contributed by atoms with Gasteiger partial charge in [0.1, 0.15) is 5.76 Å². The number of ether oxygens (including phenoxy) is 2. The minimum Gasteiger partial charge on any atom is -0.504 e. The van der Waals surface area contributed by atoms with E-state index in [1.807, 2.05) is 10.6 Å². The largest absolute Gasteiger partial charge is 0.504 e. The van der Waals surface area contributed by atoms with E-state index in [0.717, 1.165) is 18.7 Å². The van der Waals surface area contributed by atoms with E-state index in [1.54, 1.807) is 31.2 Å². The van der Waals surface area contributed by atoms with Gasteiger partial charge in [0.2, 0.25) is 11.2 Å². The lowest BCUT2D eigenvalue weighted by atomic mass is 9.83. The Morgan fingerprint density at radius 2 is 1.95 bits per heavy atom. The molecule has 2 aliphatic heterocycles. The van der Waals surface area contributed by atoms with E-state index < -0.39 is 23.1 Å². The summed E-state index contributed by atoms with van der Waals surface area (Å²) in [6.07, 6.45) is 0.793. The predicted molar refractivity (Wildman–Crippen MR) is 141 cm³/mol. The van der Waals surface area contributed by atoms with Gasteiger partial charge in [0.25, 0.3) is 5.56 Å². The second-order valence-corrected chi connectivity index (χ2v) is 10.2. The minimum atomic E-state index is -0.857. The molecule has 0 amide bonds. The second kappa shape index (κ2) is 11.0. The predicted octanol–water partition coefficient (Wildman–Crippen LogP) is 2.93. The van der Waals surface area contributed by atoms with Crippen LogP contribution in [0.15, 0.2) is 56.5 Å². The second-order valence-electron chi connectivity index (χ2n) is 10.2. The lowest BCUT2D eigenvalue weighted by Crippen LogP contribution is -2.46. The molecule has 2 aromatic heterocycles. The molecule has 0 unspecified atom stereocenters. The molecule has 2 N–H and O–H groups in total. The normalized spacial score (nSPS) is 19.2. The van der Waals surface area contributed by atoms with Gasteiger partial charge >= 0.3 is 5.97 Å². The first-order valence-corrected chi connectivity index (χ1v) is 13.1. The number of aromatic nitrogens is 1. The van der Waals surface area contributed by atoms with Crippen molar-refractivity contribution in [3.05, 3.63) is 85.8 Å². The van der Waals surface area contributed by atoms with Gasteiger partial charge in [0.05, 0.1) is 32.6 Å². The number of likely N-dealkylation sites (tertiary alicyclic amines) is 1. The molecule has 0 radical (unpaired) electrons. The number of fused-ring (bicyclic) bond motifs is 4. The Labute approximate surface area is 225 Å². The van der Waals surface area contributed by atoms with Crippen LogP contribution in [-0.4, -0.2) is 52.5 Å². The topological polar surface area (TPSA) is 131 Å². The Morgan fingerprint density at radius 3 is 2.72 bits per heavy atom. The molecule has 3 atom stereocenters. The van der Waals surface area contributed by atoms with Crippen LogP contribution in [0.1, 0.15) is 54.4 Å². The Kier molecular flexibility index (Phi) is 7.47. The van der Waals surface area contributed by atoms with Crippen molar-refractivity contribution in [1.29, 1.82) is 0 Å². The van der Waals surface area contributed by atoms with Crippen LogP contribution in [0.3, 0.4) is 0 Å². The molecule has 206 valence electrons. The summed E-state index contributed by atoms with van der Waals surface area (Å²) in [6.45, 7) is 4.50. The van der Waals surface area contributed by atoms with E-state index in [2.05, 4.69) is 4.90 Å². The molecule has 2 aliphatic rings. The van der Waals surface area contributed by atoms with Crippen LogP contribution < -0.4 is 15.7 Å². The van der Waals surface area contributed by atoms with Gasteiger partial charge in [0.15, 0.2) is 17.3 Å². The average molecular weight is 537 g/mol. The van der Waals surface area contributed by atoms with Gasteiger partial charge < -0.3 is 28.7 Å². The number of piperidine rings is 1. The van der Waals surface area contributed by atoms with Crippen molar-refractivity contribution in [2.45, 2.75) is 44.7 Å². The zero-order chi connectivity index (χ0) is 27.7. The molecule has 1 fully saturated rings. The fraction of sp³-hybridized carbons (Fsp3) is 0.414. The lowest BCUT2D eigenvalue weighted by Gasteiger charge is -2.42. The fourth-order valence-electron chi connectivity index (χ4n) is 5.84. The molecule has 4 heterocycles. The zero-order valence-corrected chi connectivity index (χ0v) is 22.0. The van der Waals surface area contributed by atoms with Crippen LogP contribution in [-0.2, 0) is 22.6 Å². The monoisotopic (exact) mass is 536 g/mol. The Bertz CT molecular complexity index is 1490. The van der Waals surface area contributed by atoms with E-state index in [4.69, 9.17) is 13.9 Å². The summed E-state index contributed by atoms with van der Waals surface area (Å²) in [5.74, 6) is -1.07. The van der Waals surface area contributed by atoms with E-state index in [1.165, 1.54) is 19.2 Å². The number of methoxy groups -OCH3 is 1. The van der Waals surface area contributed by atoms with E-state index in [9.17, 15) is 24.6 Å². The van der Waals surface area contributed by atoms with Gasteiger partial charge in [0, 0.05) is 43.4 Å². The number of carbonyl (C=O) groups excluding carboxylic acids is 1. The number of aromatic hydroxyl groups is 2. The number of pyridine rings is 1. The molecule has 10 heteroatoms. The quantitative estimate of drug-likeness (QED) is 0.417. The maximum absolute atomic E-state index is 12.9. The van der Waals surface area contributed by atoms with Gasteiger partial charge in [-0.05, 0) is 43.0 Å². The number of hydrogen-bond donors (Lipinski definition) is 2. The standard InChI is InChI=1S/C29H32N2O8/c1-3-38-25-10-18(7-8-23(25)32)21(12-27(35)37-2)29-28(36)24(33)11-20(39-29)16-30-13-17-9-19(15-30)22-5-4-6-26(34)31(22)14-17/h4-8,10-11,17,19,21,32,36H,3,9,12-16H2,1-2H3/t17-,19+,21+/m0/s1. The third kappa shape index (κ3) is 5.42. The molecule has 2 bridgehead atoms. The van der Waals surface area contributed by atoms with E-state index in [-0.39, 0.29) is 35.2 Å². The molecule has 1 aromatic carbocycles. The highest BCUT2D eigenvalue weighted by Crippen LogP contribution is 2.39. The maximum Gasteiger partial charge on any atom is 0.306 e. The summed E-state index contributed by atoms with van der Waals surface area (Å²) >= 11 is 0. The minimum absolute atomic E-state index is 0.0168. The van der Waals surface area contributed by atoms with Crippen molar-refractivity contribution in [3.63, 3.8) is 0 Å². The highest BCUT2D eigenvalue weighted by molar-refractivity contribution is 5.71. The van der Waals surface area contributed by atoms with Gasteiger partial charge in [-0.15, -0.1) is 0 Å². The summed E-state index contributed by atoms with van der Waals surface area (Å²) < 4.78 is 18.4. The number of hydrogen-bond acceptors (Lipinski definition) is 9. The number of phenols is 1. The van der Waals surface area contributed by atoms with Crippen molar-refractivity contribution in [2.24, 2.45) is 5.92 Å². The highest BCUT2D eigenvalue weighted by atomic mass is 16.5. The Hall–Kier alpha value is -4.05. The van der Waals surface area contributed by atoms with Gasteiger partial charge in [-0.25, -0.2) is 0 Å². The number of nitrogens with zero attached hydrogens (tertiary/aromatic N) is 2. The van der Waals surface area contributed by atoms with Crippen LogP contribution in [0.25, 0.3) is 0 Å². The summed E-state index contributed by atoms with van der Waals surface area (Å²) in [6, 6.07) is 11.2. The Balaban J connectivity index is 1.47. The van der Waals surface area contributed by atoms with Crippen LogP contribution in [0, 0.1) is 5.92 Å². The third-order valence-electron chi connectivity index (χ3n) is 7.54. The van der Waals surface area contributed by atoms with Crippen molar-refractivity contribution < 1.29 is 28.9 Å². The van der Waals surface area contributed by atoms with E-state index in [0.29, 0.717) is 43.5 Å². The molecule has 1 saturated heterocycles. The highest BCUT2D eigenvalue weighted by Gasteiger charge is 2.35. The summed E-state index contributed by atoms with van der Waals surface area (Å²) in [5, 5.41) is 20.9. The van der Waals surface area contributed by atoms with Gasteiger partial charge in [-0.2, -0.15) is 0 Å². The zero-order valence-electron chi connectivity index (χ0n) is 22.0. The lowest BCUT2D eigenvalue weighted by molar-refractivity contribution is -0.140. The van der Waals surface area contributed by atoms with Gasteiger partial charge in [-0.1, -0.05) is 12.1 Å².